The normalized spacial score (nSPS) is 19.6. The molecule has 0 bridgehead atoms. The van der Waals surface area contributed by atoms with E-state index in [9.17, 15) is 9.59 Å². The van der Waals surface area contributed by atoms with Gasteiger partial charge in [0.05, 0.1) is 10.9 Å². The predicted molar refractivity (Wildman–Crippen MR) is 124 cm³/mol. The number of piperidine rings is 2. The minimum atomic E-state index is -0.170. The minimum absolute atomic E-state index is 0.151. The molecule has 1 amide bonds. The van der Waals surface area contributed by atoms with Crippen LogP contribution in [-0.2, 0) is 11.3 Å². The van der Waals surface area contributed by atoms with E-state index in [1.807, 2.05) is 4.90 Å². The van der Waals surface area contributed by atoms with Crippen LogP contribution in [-0.4, -0.2) is 64.3 Å². The first kappa shape index (κ1) is 21.5. The number of benzene rings is 1. The second-order valence-electron chi connectivity index (χ2n) is 8.95. The monoisotopic (exact) mass is 458 g/mol. The molecule has 2 fully saturated rings. The van der Waals surface area contributed by atoms with Gasteiger partial charge in [-0.3, -0.25) is 14.2 Å². The molecule has 1 N–H and O–H groups in total. The number of amides is 1. The van der Waals surface area contributed by atoms with Crippen LogP contribution in [0.4, 0.5) is 0 Å². The number of nitrogens with one attached hydrogen (secondary N) is 1. The van der Waals surface area contributed by atoms with Gasteiger partial charge in [0.15, 0.2) is 16.3 Å². The average Bonchev–Trinajstić information content (AvgIpc) is 3.28. The summed E-state index contributed by atoms with van der Waals surface area (Å²) in [6, 6.07) is 4.07. The number of hydrogen-bond acceptors (Lipinski definition) is 6. The molecule has 4 heterocycles. The highest BCUT2D eigenvalue weighted by Crippen LogP contribution is 2.34. The van der Waals surface area contributed by atoms with Gasteiger partial charge < -0.3 is 24.3 Å². The molecule has 1 aromatic heterocycles. The van der Waals surface area contributed by atoms with Gasteiger partial charge in [0.2, 0.25) is 12.7 Å². The van der Waals surface area contributed by atoms with Crippen molar-refractivity contribution in [3.05, 3.63) is 27.3 Å². The fourth-order valence-corrected chi connectivity index (χ4v) is 5.44. The summed E-state index contributed by atoms with van der Waals surface area (Å²) in [6.45, 7) is 4.65. The van der Waals surface area contributed by atoms with Crippen molar-refractivity contribution in [2.24, 2.45) is 0 Å². The van der Waals surface area contributed by atoms with E-state index in [1.165, 1.54) is 36.9 Å². The van der Waals surface area contributed by atoms with Crippen molar-refractivity contribution in [3.8, 4) is 11.5 Å². The van der Waals surface area contributed by atoms with Crippen molar-refractivity contribution in [1.29, 1.82) is 0 Å². The van der Waals surface area contributed by atoms with Crippen molar-refractivity contribution in [2.75, 3.05) is 33.0 Å². The first-order valence-electron chi connectivity index (χ1n) is 11.7. The van der Waals surface area contributed by atoms with E-state index in [-0.39, 0.29) is 18.3 Å². The van der Waals surface area contributed by atoms with E-state index in [4.69, 9.17) is 21.7 Å². The second kappa shape index (κ2) is 9.23. The highest BCUT2D eigenvalue weighted by Gasteiger charge is 2.27. The molecule has 0 aliphatic carbocycles. The number of nitrogens with zero attached hydrogens (tertiary/aromatic N) is 3. The van der Waals surface area contributed by atoms with Gasteiger partial charge in [0.25, 0.3) is 5.56 Å². The number of H-pyrrole nitrogens is 1. The number of ether oxygens (including phenoxy) is 2. The number of fused-ring (bicyclic) bond motifs is 2. The molecule has 9 heteroatoms. The van der Waals surface area contributed by atoms with Crippen molar-refractivity contribution in [2.45, 2.75) is 57.5 Å². The lowest BCUT2D eigenvalue weighted by Crippen LogP contribution is -2.48. The summed E-state index contributed by atoms with van der Waals surface area (Å²) in [5.41, 5.74) is 0.463. The standard InChI is InChI=1S/C23H30N4O4S/c28-21(26-11-6-16(7-12-26)25-8-2-1-3-9-25)5-4-10-27-22(29)17-13-19-20(31-15-30-19)14-18(17)24-23(27)32/h13-14,16H,1-12,15H2,(H,24,32). The molecular weight excluding hydrogens is 428 g/mol. The highest BCUT2D eigenvalue weighted by atomic mass is 32.1. The lowest BCUT2D eigenvalue weighted by atomic mass is 9.99. The molecule has 2 aromatic rings. The Morgan fingerprint density at radius 2 is 1.78 bits per heavy atom. The third-order valence-corrected chi connectivity index (χ3v) is 7.29. The lowest BCUT2D eigenvalue weighted by molar-refractivity contribution is -0.133. The van der Waals surface area contributed by atoms with Gasteiger partial charge in [-0.2, -0.15) is 0 Å². The third kappa shape index (κ3) is 4.28. The Bertz CT molecular complexity index is 1110. The summed E-state index contributed by atoms with van der Waals surface area (Å²) in [4.78, 5) is 33.5. The number of carbonyl (C=O) groups is 1. The predicted octanol–water partition coefficient (Wildman–Crippen LogP) is 3.04. The van der Waals surface area contributed by atoms with E-state index < -0.39 is 0 Å². The number of aromatic nitrogens is 2. The van der Waals surface area contributed by atoms with Crippen LogP contribution in [0.5, 0.6) is 11.5 Å². The zero-order valence-electron chi connectivity index (χ0n) is 18.3. The van der Waals surface area contributed by atoms with Crippen LogP contribution >= 0.6 is 12.2 Å². The van der Waals surface area contributed by atoms with E-state index in [1.54, 1.807) is 12.1 Å². The Morgan fingerprint density at radius 3 is 2.53 bits per heavy atom. The molecule has 32 heavy (non-hydrogen) atoms. The summed E-state index contributed by atoms with van der Waals surface area (Å²) in [5, 5.41) is 0.508. The quantitative estimate of drug-likeness (QED) is 0.694. The Labute approximate surface area is 192 Å². The van der Waals surface area contributed by atoms with Crippen molar-refractivity contribution >= 4 is 29.0 Å². The Morgan fingerprint density at radius 1 is 1.06 bits per heavy atom. The number of carbonyl (C=O) groups excluding carboxylic acids is 1. The molecule has 0 unspecified atom stereocenters. The van der Waals surface area contributed by atoms with Gasteiger partial charge in [0, 0.05) is 38.2 Å². The van der Waals surface area contributed by atoms with Crippen molar-refractivity contribution in [3.63, 3.8) is 0 Å². The first-order chi connectivity index (χ1) is 15.6. The minimum Gasteiger partial charge on any atom is -0.454 e. The van der Waals surface area contributed by atoms with Crippen LogP contribution in [0.2, 0.25) is 0 Å². The van der Waals surface area contributed by atoms with Crippen LogP contribution in [0.25, 0.3) is 10.9 Å². The summed E-state index contributed by atoms with van der Waals surface area (Å²) < 4.78 is 12.7. The third-order valence-electron chi connectivity index (χ3n) is 6.97. The molecule has 1 aromatic carbocycles. The topological polar surface area (TPSA) is 79.8 Å². The Balaban J connectivity index is 1.17. The van der Waals surface area contributed by atoms with Gasteiger partial charge in [-0.25, -0.2) is 0 Å². The van der Waals surface area contributed by atoms with Gasteiger partial charge >= 0.3 is 0 Å². The van der Waals surface area contributed by atoms with Crippen LogP contribution < -0.4 is 15.0 Å². The van der Waals surface area contributed by atoms with Crippen LogP contribution in [0.15, 0.2) is 16.9 Å². The van der Waals surface area contributed by atoms with Gasteiger partial charge in [-0.15, -0.1) is 0 Å². The number of hydrogen-bond donors (Lipinski definition) is 1. The average molecular weight is 459 g/mol. The lowest BCUT2D eigenvalue weighted by Gasteiger charge is -2.40. The summed E-state index contributed by atoms with van der Waals surface area (Å²) in [5.74, 6) is 1.35. The van der Waals surface area contributed by atoms with Crippen LogP contribution in [0.1, 0.15) is 44.9 Å². The smallest absolute Gasteiger partial charge is 0.262 e. The summed E-state index contributed by atoms with van der Waals surface area (Å²) >= 11 is 5.41. The fraction of sp³-hybridized carbons (Fsp3) is 0.609. The molecule has 2 saturated heterocycles. The molecule has 172 valence electrons. The van der Waals surface area contributed by atoms with Crippen LogP contribution in [0, 0.1) is 4.77 Å². The van der Waals surface area contributed by atoms with Gasteiger partial charge in [-0.05, 0) is 63.5 Å². The van der Waals surface area contributed by atoms with E-state index in [0.29, 0.717) is 52.6 Å². The molecular formula is C23H30N4O4S. The van der Waals surface area contributed by atoms with E-state index in [2.05, 4.69) is 9.88 Å². The van der Waals surface area contributed by atoms with Crippen LogP contribution in [0.3, 0.4) is 0 Å². The van der Waals surface area contributed by atoms with Gasteiger partial charge in [0.1, 0.15) is 0 Å². The second-order valence-corrected chi connectivity index (χ2v) is 9.34. The largest absolute Gasteiger partial charge is 0.454 e. The zero-order chi connectivity index (χ0) is 22.1. The molecule has 5 rings (SSSR count). The molecule has 0 saturated carbocycles. The number of likely N-dealkylation sites (tertiary alicyclic amines) is 2. The van der Waals surface area contributed by atoms with Crippen molar-refractivity contribution in [1.82, 2.24) is 19.4 Å². The Kier molecular flexibility index (Phi) is 6.19. The highest BCUT2D eigenvalue weighted by molar-refractivity contribution is 7.71. The maximum atomic E-state index is 13.0. The molecule has 0 radical (unpaired) electrons. The number of rotatable bonds is 5. The number of aromatic amines is 1. The molecule has 3 aliphatic rings. The molecule has 8 nitrogen and oxygen atoms in total. The summed E-state index contributed by atoms with van der Waals surface area (Å²) in [7, 11) is 0. The molecule has 0 spiro atoms. The van der Waals surface area contributed by atoms with Crippen molar-refractivity contribution < 1.29 is 14.3 Å². The first-order valence-corrected chi connectivity index (χ1v) is 12.1. The van der Waals surface area contributed by atoms with Gasteiger partial charge in [-0.1, -0.05) is 6.42 Å². The fourth-order valence-electron chi connectivity index (χ4n) is 5.16. The summed E-state index contributed by atoms with van der Waals surface area (Å²) in [6.07, 6.45) is 7.10. The SMILES string of the molecule is O=C(CCCn1c(=S)[nH]c2cc3c(cc2c1=O)OCO3)N1CCC(N2CCCCC2)CC1. The van der Waals surface area contributed by atoms with E-state index in [0.717, 1.165) is 25.9 Å². The molecule has 0 atom stereocenters. The Hall–Kier alpha value is -2.39. The van der Waals surface area contributed by atoms with E-state index >= 15 is 0 Å². The maximum Gasteiger partial charge on any atom is 0.262 e. The molecule has 3 aliphatic heterocycles. The zero-order valence-corrected chi connectivity index (χ0v) is 19.1. The maximum absolute atomic E-state index is 13.0.